The molecule has 0 radical (unpaired) electrons. The minimum atomic E-state index is -0.446. The van der Waals surface area contributed by atoms with Crippen molar-refractivity contribution in [3.05, 3.63) is 117 Å². The van der Waals surface area contributed by atoms with E-state index in [0.29, 0.717) is 36.6 Å². The molecular weight excluding hydrogens is 546 g/mol. The third-order valence-corrected chi connectivity index (χ3v) is 8.40. The number of hydrogen-bond acceptors (Lipinski definition) is 8. The maximum absolute atomic E-state index is 12.9. The SMILES string of the molecule is O=C(Cn1c2ccccc2c(=O)c2ccccc21)NN=Cc1ccc(Sc2nc3ccccc3s2)c([N+](=O)[O-])c1. The van der Waals surface area contributed by atoms with Crippen LogP contribution >= 0.6 is 23.1 Å². The molecule has 11 heteroatoms. The van der Waals surface area contributed by atoms with E-state index in [1.165, 1.54) is 35.4 Å². The van der Waals surface area contributed by atoms with Crippen LogP contribution in [-0.4, -0.2) is 26.6 Å². The molecule has 0 atom stereocenters. The molecule has 4 aromatic carbocycles. The van der Waals surface area contributed by atoms with Crippen molar-refractivity contribution in [1.29, 1.82) is 0 Å². The van der Waals surface area contributed by atoms with E-state index < -0.39 is 10.8 Å². The van der Waals surface area contributed by atoms with Gasteiger partial charge in [0.15, 0.2) is 9.77 Å². The molecule has 6 aromatic rings. The molecule has 1 amide bonds. The average Bonchev–Trinajstić information content (AvgIpc) is 3.38. The number of nitro benzene ring substituents is 1. The molecule has 9 nitrogen and oxygen atoms in total. The van der Waals surface area contributed by atoms with Crippen molar-refractivity contribution in [2.45, 2.75) is 15.8 Å². The summed E-state index contributed by atoms with van der Waals surface area (Å²) >= 11 is 2.71. The lowest BCUT2D eigenvalue weighted by Crippen LogP contribution is -2.25. The van der Waals surface area contributed by atoms with Gasteiger partial charge in [0.2, 0.25) is 0 Å². The van der Waals surface area contributed by atoms with Crippen LogP contribution in [0.3, 0.4) is 0 Å². The maximum Gasteiger partial charge on any atom is 0.283 e. The van der Waals surface area contributed by atoms with Gasteiger partial charge in [0.1, 0.15) is 6.54 Å². The lowest BCUT2D eigenvalue weighted by Gasteiger charge is -2.14. The summed E-state index contributed by atoms with van der Waals surface area (Å²) in [6, 6.07) is 26.7. The number of carbonyl (C=O) groups excluding carboxylic acids is 1. The molecule has 2 aromatic heterocycles. The molecule has 2 heterocycles. The minimum Gasteiger partial charge on any atom is -0.331 e. The zero-order chi connectivity index (χ0) is 27.6. The second-order valence-corrected chi connectivity index (χ2v) is 11.1. The van der Waals surface area contributed by atoms with Crippen molar-refractivity contribution in [3.8, 4) is 0 Å². The number of thiazole rings is 1. The van der Waals surface area contributed by atoms with Gasteiger partial charge >= 0.3 is 0 Å². The number of benzene rings is 4. The van der Waals surface area contributed by atoms with Gasteiger partial charge in [0, 0.05) is 22.4 Å². The van der Waals surface area contributed by atoms with Crippen molar-refractivity contribution >= 4 is 72.9 Å². The number of carbonyl (C=O) groups is 1. The third kappa shape index (κ3) is 4.95. The van der Waals surface area contributed by atoms with Gasteiger partial charge in [-0.05, 0) is 42.5 Å². The Morgan fingerprint density at radius 2 is 1.68 bits per heavy atom. The highest BCUT2D eigenvalue weighted by molar-refractivity contribution is 8.01. The number of nitrogens with zero attached hydrogens (tertiary/aromatic N) is 4. The van der Waals surface area contributed by atoms with Crippen LogP contribution in [0.25, 0.3) is 32.0 Å². The van der Waals surface area contributed by atoms with Crippen molar-refractivity contribution in [3.63, 3.8) is 0 Å². The number of hydrazone groups is 1. The Hall–Kier alpha value is -4.87. The predicted molar refractivity (Wildman–Crippen MR) is 158 cm³/mol. The molecule has 0 saturated carbocycles. The highest BCUT2D eigenvalue weighted by atomic mass is 32.2. The molecule has 0 bridgehead atoms. The van der Waals surface area contributed by atoms with Gasteiger partial charge in [-0.25, -0.2) is 10.4 Å². The predicted octanol–water partition coefficient (Wildman–Crippen LogP) is 5.97. The molecule has 1 N–H and O–H groups in total. The highest BCUT2D eigenvalue weighted by Gasteiger charge is 2.18. The van der Waals surface area contributed by atoms with Crippen molar-refractivity contribution in [2.75, 3.05) is 0 Å². The Morgan fingerprint density at radius 3 is 2.38 bits per heavy atom. The van der Waals surface area contributed by atoms with Gasteiger partial charge in [0.05, 0.1) is 37.3 Å². The number of nitrogens with one attached hydrogen (secondary N) is 1. The van der Waals surface area contributed by atoms with Gasteiger partial charge < -0.3 is 4.57 Å². The van der Waals surface area contributed by atoms with Crippen LogP contribution in [0.2, 0.25) is 0 Å². The Balaban J connectivity index is 1.21. The zero-order valence-corrected chi connectivity index (χ0v) is 22.3. The standard InChI is InChI=1S/C29H19N5O4S2/c35-27(17-33-22-10-4-1-7-19(22)28(36)20-8-2-5-11-23(20)33)32-30-16-18-13-14-26(24(15-18)34(37)38)40-29-31-21-9-3-6-12-25(21)39-29/h1-16H,17H2,(H,32,35). The van der Waals surface area contributed by atoms with Crippen LogP contribution in [0.1, 0.15) is 5.56 Å². The number of para-hydroxylation sites is 3. The molecule has 0 aliphatic rings. The first-order chi connectivity index (χ1) is 19.5. The van der Waals surface area contributed by atoms with E-state index in [2.05, 4.69) is 15.5 Å². The molecule has 0 spiro atoms. The van der Waals surface area contributed by atoms with E-state index in [1.807, 2.05) is 36.4 Å². The summed E-state index contributed by atoms with van der Waals surface area (Å²) in [6.07, 6.45) is 1.36. The van der Waals surface area contributed by atoms with E-state index in [1.54, 1.807) is 53.1 Å². The summed E-state index contributed by atoms with van der Waals surface area (Å²) in [7, 11) is 0. The number of fused-ring (bicyclic) bond motifs is 3. The fourth-order valence-corrected chi connectivity index (χ4v) is 6.55. The lowest BCUT2D eigenvalue weighted by atomic mass is 10.1. The Labute approximate surface area is 234 Å². The zero-order valence-electron chi connectivity index (χ0n) is 20.7. The summed E-state index contributed by atoms with van der Waals surface area (Å²) in [5, 5.41) is 16.9. The second kappa shape index (κ2) is 10.7. The average molecular weight is 566 g/mol. The molecule has 0 aliphatic heterocycles. The molecule has 0 unspecified atom stereocenters. The lowest BCUT2D eigenvalue weighted by molar-refractivity contribution is -0.387. The van der Waals surface area contributed by atoms with Crippen molar-refractivity contribution in [2.24, 2.45) is 5.10 Å². The Morgan fingerprint density at radius 1 is 1.00 bits per heavy atom. The highest BCUT2D eigenvalue weighted by Crippen LogP contribution is 2.38. The summed E-state index contributed by atoms with van der Waals surface area (Å²) in [5.41, 5.74) is 4.91. The normalized spacial score (nSPS) is 11.5. The van der Waals surface area contributed by atoms with Crippen LogP contribution in [0.4, 0.5) is 5.69 Å². The van der Waals surface area contributed by atoms with E-state index in [4.69, 9.17) is 0 Å². The monoisotopic (exact) mass is 565 g/mol. The van der Waals surface area contributed by atoms with Crippen LogP contribution in [0.5, 0.6) is 0 Å². The quantitative estimate of drug-likeness (QED) is 0.110. The summed E-state index contributed by atoms with van der Waals surface area (Å²) < 4.78 is 3.49. The minimum absolute atomic E-state index is 0.0729. The number of rotatable bonds is 7. The van der Waals surface area contributed by atoms with Gasteiger partial charge in [-0.15, -0.1) is 11.3 Å². The molecule has 196 valence electrons. The number of hydrogen-bond donors (Lipinski definition) is 1. The van der Waals surface area contributed by atoms with E-state index in [-0.39, 0.29) is 17.7 Å². The first-order valence-electron chi connectivity index (χ1n) is 12.1. The largest absolute Gasteiger partial charge is 0.331 e. The summed E-state index contributed by atoms with van der Waals surface area (Å²) in [6.45, 7) is -0.0729. The van der Waals surface area contributed by atoms with Crippen molar-refractivity contribution in [1.82, 2.24) is 15.0 Å². The molecule has 0 saturated heterocycles. The maximum atomic E-state index is 12.9. The van der Waals surface area contributed by atoms with E-state index in [0.717, 1.165) is 10.2 Å². The number of pyridine rings is 1. The van der Waals surface area contributed by atoms with Crippen molar-refractivity contribution < 1.29 is 9.72 Å². The summed E-state index contributed by atoms with van der Waals surface area (Å²) in [5.74, 6) is -0.410. The molecule has 0 aliphatic carbocycles. The fraction of sp³-hybridized carbons (Fsp3) is 0.0345. The topological polar surface area (TPSA) is 119 Å². The molecule has 0 fully saturated rings. The number of aromatic nitrogens is 2. The van der Waals surface area contributed by atoms with Gasteiger partial charge in [-0.2, -0.15) is 5.10 Å². The third-order valence-electron chi connectivity index (χ3n) is 6.23. The van der Waals surface area contributed by atoms with Gasteiger partial charge in [-0.1, -0.05) is 54.2 Å². The van der Waals surface area contributed by atoms with Crippen LogP contribution in [-0.2, 0) is 11.3 Å². The second-order valence-electron chi connectivity index (χ2n) is 8.78. The fourth-order valence-electron chi connectivity index (χ4n) is 4.44. The molecule has 40 heavy (non-hydrogen) atoms. The van der Waals surface area contributed by atoms with Crippen LogP contribution in [0, 0.1) is 10.1 Å². The Bertz CT molecular complexity index is 1940. The first-order valence-corrected chi connectivity index (χ1v) is 13.8. The Kier molecular flexibility index (Phi) is 6.81. The van der Waals surface area contributed by atoms with Gasteiger partial charge in [0.25, 0.3) is 11.6 Å². The first kappa shape index (κ1) is 25.4. The van der Waals surface area contributed by atoms with E-state index in [9.17, 15) is 19.7 Å². The van der Waals surface area contributed by atoms with Crippen LogP contribution < -0.4 is 10.9 Å². The van der Waals surface area contributed by atoms with E-state index >= 15 is 0 Å². The molecule has 6 rings (SSSR count). The number of nitro groups is 1. The smallest absolute Gasteiger partial charge is 0.283 e. The summed E-state index contributed by atoms with van der Waals surface area (Å²) in [4.78, 5) is 42.1. The van der Waals surface area contributed by atoms with Gasteiger partial charge in [-0.3, -0.25) is 19.7 Å². The van der Waals surface area contributed by atoms with Crippen LogP contribution in [0.15, 0.2) is 110 Å². The number of amides is 1. The molecular formula is C29H19N5O4S2.